The SMILES string of the molecule is C=C(Cl)/C(=C\C=C/CC)CN1c2c(nc(C(=O)OC)[nH]c2=O)NC1N1CCC[C@@H](N)C1. The Bertz CT molecular complexity index is 957. The Morgan fingerprint density at radius 3 is 2.90 bits per heavy atom. The van der Waals surface area contributed by atoms with Crippen molar-refractivity contribution in [1.82, 2.24) is 14.9 Å². The first kappa shape index (κ1) is 23.1. The van der Waals surface area contributed by atoms with E-state index in [-0.39, 0.29) is 18.2 Å². The van der Waals surface area contributed by atoms with Crippen molar-refractivity contribution in [2.75, 3.05) is 37.0 Å². The average molecular weight is 449 g/mol. The number of H-pyrrole nitrogens is 1. The van der Waals surface area contributed by atoms with Crippen LogP contribution in [-0.2, 0) is 4.74 Å². The zero-order chi connectivity index (χ0) is 22.5. The van der Waals surface area contributed by atoms with Gasteiger partial charge in [-0.25, -0.2) is 9.78 Å². The van der Waals surface area contributed by atoms with Crippen LogP contribution in [-0.4, -0.2) is 59.9 Å². The number of halogens is 1. The van der Waals surface area contributed by atoms with Gasteiger partial charge in [0.1, 0.15) is 5.69 Å². The number of hydrogen-bond acceptors (Lipinski definition) is 8. The molecule has 1 fully saturated rings. The van der Waals surface area contributed by atoms with Crippen LogP contribution in [0.2, 0.25) is 0 Å². The lowest BCUT2D eigenvalue weighted by Crippen LogP contribution is -2.56. The van der Waals surface area contributed by atoms with E-state index in [0.29, 0.717) is 29.6 Å². The van der Waals surface area contributed by atoms with Gasteiger partial charge >= 0.3 is 5.97 Å². The molecule has 2 aliphatic heterocycles. The predicted octanol–water partition coefficient (Wildman–Crippen LogP) is 2.14. The standard InChI is InChI=1S/C21H29ClN6O3/c1-4-5-6-8-14(13(2)22)11-28-16-17(24-18(20(30)31-3)25-19(16)29)26-21(28)27-10-7-9-15(23)12-27/h5-6,8,15,21H,2,4,7,9-12,23H2,1,3H3,(H2,24,25,26,29)/b6-5-,14-8-/t15-,21?/m1/s1. The Labute approximate surface area is 186 Å². The van der Waals surface area contributed by atoms with Crippen LogP contribution in [0.3, 0.4) is 0 Å². The number of fused-ring (bicyclic) bond motifs is 1. The van der Waals surface area contributed by atoms with Crippen LogP contribution in [0, 0.1) is 0 Å². The lowest BCUT2D eigenvalue weighted by atomic mass is 10.1. The van der Waals surface area contributed by atoms with Gasteiger partial charge in [0.25, 0.3) is 5.56 Å². The molecule has 9 nitrogen and oxygen atoms in total. The van der Waals surface area contributed by atoms with Crippen LogP contribution < -0.4 is 21.5 Å². The van der Waals surface area contributed by atoms with Gasteiger partial charge in [-0.1, -0.05) is 43.3 Å². The highest BCUT2D eigenvalue weighted by molar-refractivity contribution is 6.31. The summed E-state index contributed by atoms with van der Waals surface area (Å²) in [5.41, 5.74) is 6.86. The molecule has 2 atom stereocenters. The molecule has 3 rings (SSSR count). The van der Waals surface area contributed by atoms with Crippen molar-refractivity contribution in [2.24, 2.45) is 5.73 Å². The third-order valence-corrected chi connectivity index (χ3v) is 5.56. The van der Waals surface area contributed by atoms with E-state index < -0.39 is 11.5 Å². The van der Waals surface area contributed by atoms with Gasteiger partial charge < -0.3 is 20.7 Å². The maximum Gasteiger partial charge on any atom is 0.374 e. The van der Waals surface area contributed by atoms with Gasteiger partial charge in [-0.3, -0.25) is 14.7 Å². The lowest BCUT2D eigenvalue weighted by molar-refractivity contribution is 0.0586. The van der Waals surface area contributed by atoms with E-state index in [2.05, 4.69) is 26.8 Å². The number of rotatable bonds is 7. The van der Waals surface area contributed by atoms with Gasteiger partial charge in [0, 0.05) is 30.7 Å². The highest BCUT2D eigenvalue weighted by Crippen LogP contribution is 2.33. The number of aromatic amines is 1. The molecule has 0 spiro atoms. The molecule has 0 aromatic carbocycles. The van der Waals surface area contributed by atoms with Gasteiger partial charge in [-0.15, -0.1) is 0 Å². The first-order valence-corrected chi connectivity index (χ1v) is 10.7. The predicted molar refractivity (Wildman–Crippen MR) is 122 cm³/mol. The second kappa shape index (κ2) is 10.1. The number of piperidine rings is 1. The van der Waals surface area contributed by atoms with Crippen LogP contribution in [0.4, 0.5) is 11.5 Å². The number of nitrogens with one attached hydrogen (secondary N) is 2. The summed E-state index contributed by atoms with van der Waals surface area (Å²) >= 11 is 6.27. The van der Waals surface area contributed by atoms with Crippen molar-refractivity contribution in [3.05, 3.63) is 51.6 Å². The first-order chi connectivity index (χ1) is 14.8. The number of anilines is 2. The zero-order valence-electron chi connectivity index (χ0n) is 17.9. The molecule has 1 aromatic rings. The summed E-state index contributed by atoms with van der Waals surface area (Å²) in [5.74, 6) is -0.550. The van der Waals surface area contributed by atoms with Gasteiger partial charge in [-0.05, 0) is 24.8 Å². The largest absolute Gasteiger partial charge is 0.463 e. The Kier molecular flexibility index (Phi) is 7.53. The minimum absolute atomic E-state index is 0.0449. The van der Waals surface area contributed by atoms with Crippen molar-refractivity contribution in [3.8, 4) is 0 Å². The first-order valence-electron chi connectivity index (χ1n) is 10.3. The van der Waals surface area contributed by atoms with Crippen LogP contribution in [0.15, 0.2) is 40.2 Å². The number of ether oxygens (including phenoxy) is 1. The normalized spacial score (nSPS) is 21.8. The summed E-state index contributed by atoms with van der Waals surface area (Å²) in [5, 5.41) is 3.67. The van der Waals surface area contributed by atoms with E-state index in [1.807, 2.05) is 30.1 Å². The second-order valence-corrected chi connectivity index (χ2v) is 8.04. The van der Waals surface area contributed by atoms with Gasteiger partial charge in [-0.2, -0.15) is 0 Å². The maximum atomic E-state index is 12.9. The number of aromatic nitrogens is 2. The molecule has 3 heterocycles. The summed E-state index contributed by atoms with van der Waals surface area (Å²) in [6.07, 6.45) is 8.24. The number of likely N-dealkylation sites (tertiary alicyclic amines) is 1. The van der Waals surface area contributed by atoms with Crippen LogP contribution in [0.1, 0.15) is 36.8 Å². The fraction of sp³-hybridized carbons (Fsp3) is 0.476. The molecule has 1 aromatic heterocycles. The highest BCUT2D eigenvalue weighted by atomic mass is 35.5. The number of carbonyl (C=O) groups excluding carboxylic acids is 1. The van der Waals surface area contributed by atoms with Gasteiger partial charge in [0.2, 0.25) is 5.82 Å². The Morgan fingerprint density at radius 1 is 1.48 bits per heavy atom. The average Bonchev–Trinajstić information content (AvgIpc) is 3.11. The molecule has 2 aliphatic rings. The third-order valence-electron chi connectivity index (χ3n) is 5.32. The lowest BCUT2D eigenvalue weighted by Gasteiger charge is -2.39. The third kappa shape index (κ3) is 5.17. The number of methoxy groups -OCH3 is 1. The highest BCUT2D eigenvalue weighted by Gasteiger charge is 2.39. The maximum absolute atomic E-state index is 12.9. The number of esters is 1. The van der Waals surface area contributed by atoms with E-state index in [4.69, 9.17) is 22.1 Å². The summed E-state index contributed by atoms with van der Waals surface area (Å²) < 4.78 is 4.70. The number of nitrogens with two attached hydrogens (primary N) is 1. The number of allylic oxidation sites excluding steroid dienone is 3. The molecule has 0 aliphatic carbocycles. The molecule has 0 bridgehead atoms. The van der Waals surface area contributed by atoms with Crippen molar-refractivity contribution in [2.45, 2.75) is 38.5 Å². The minimum atomic E-state index is -0.712. The molecule has 4 N–H and O–H groups in total. The van der Waals surface area contributed by atoms with E-state index in [1.165, 1.54) is 7.11 Å². The summed E-state index contributed by atoms with van der Waals surface area (Å²) in [4.78, 5) is 35.7. The molecular formula is C21H29ClN6O3. The molecule has 1 unspecified atom stereocenters. The molecular weight excluding hydrogens is 420 g/mol. The monoisotopic (exact) mass is 448 g/mol. The molecule has 0 amide bonds. The van der Waals surface area contributed by atoms with Crippen molar-refractivity contribution in [1.29, 1.82) is 0 Å². The van der Waals surface area contributed by atoms with Crippen LogP contribution in [0.5, 0.6) is 0 Å². The number of nitrogens with zero attached hydrogens (tertiary/aromatic N) is 3. The molecule has 10 heteroatoms. The Morgan fingerprint density at radius 2 is 2.26 bits per heavy atom. The van der Waals surface area contributed by atoms with Crippen molar-refractivity contribution >= 4 is 29.1 Å². The topological polar surface area (TPSA) is 117 Å². The van der Waals surface area contributed by atoms with E-state index >= 15 is 0 Å². The van der Waals surface area contributed by atoms with Gasteiger partial charge in [0.05, 0.1) is 7.11 Å². The van der Waals surface area contributed by atoms with Crippen LogP contribution in [0.25, 0.3) is 0 Å². The molecule has 1 saturated heterocycles. The van der Waals surface area contributed by atoms with E-state index in [0.717, 1.165) is 31.4 Å². The van der Waals surface area contributed by atoms with Crippen LogP contribution >= 0.6 is 11.6 Å². The van der Waals surface area contributed by atoms with E-state index in [9.17, 15) is 9.59 Å². The second-order valence-electron chi connectivity index (χ2n) is 7.58. The zero-order valence-corrected chi connectivity index (χ0v) is 18.6. The van der Waals surface area contributed by atoms with E-state index in [1.54, 1.807) is 0 Å². The molecule has 0 radical (unpaired) electrons. The molecule has 31 heavy (non-hydrogen) atoms. The number of carbonyl (C=O) groups is 1. The fourth-order valence-corrected chi connectivity index (χ4v) is 3.92. The molecule has 168 valence electrons. The Hall–Kier alpha value is -2.62. The molecule has 0 saturated carbocycles. The fourth-order valence-electron chi connectivity index (χ4n) is 3.80. The summed E-state index contributed by atoms with van der Waals surface area (Å²) in [6, 6.07) is 0.0449. The van der Waals surface area contributed by atoms with Gasteiger partial charge in [0.15, 0.2) is 12.1 Å². The number of hydrogen-bond donors (Lipinski definition) is 3. The smallest absolute Gasteiger partial charge is 0.374 e. The Balaban J connectivity index is 2.02. The summed E-state index contributed by atoms with van der Waals surface area (Å²) in [7, 11) is 1.24. The van der Waals surface area contributed by atoms with Crippen molar-refractivity contribution in [3.63, 3.8) is 0 Å². The minimum Gasteiger partial charge on any atom is -0.463 e. The quantitative estimate of drug-likeness (QED) is 0.429. The summed E-state index contributed by atoms with van der Waals surface area (Å²) in [6.45, 7) is 7.72. The van der Waals surface area contributed by atoms with Crippen molar-refractivity contribution < 1.29 is 9.53 Å².